The number of carbonyl (C=O) groups is 1. The lowest BCUT2D eigenvalue weighted by Crippen LogP contribution is -2.12. The van der Waals surface area contributed by atoms with Gasteiger partial charge < -0.3 is 10.1 Å². The third-order valence-corrected chi connectivity index (χ3v) is 4.60. The number of fused-ring (bicyclic) bond motifs is 1. The van der Waals surface area contributed by atoms with E-state index in [4.69, 9.17) is 4.74 Å². The van der Waals surface area contributed by atoms with E-state index in [1.807, 2.05) is 36.4 Å². The molecule has 1 amide bonds. The smallest absolute Gasteiger partial charge is 0.226 e. The quantitative estimate of drug-likeness (QED) is 0.637. The number of hydrogen-bond donors (Lipinski definition) is 1. The number of anilines is 1. The lowest BCUT2D eigenvalue weighted by molar-refractivity contribution is -0.116. The fraction of sp³-hybridized carbons (Fsp3) is 0.263. The van der Waals surface area contributed by atoms with Crippen molar-refractivity contribution in [2.75, 3.05) is 11.9 Å². The van der Waals surface area contributed by atoms with Crippen molar-refractivity contribution in [1.29, 1.82) is 0 Å². The van der Waals surface area contributed by atoms with Gasteiger partial charge in [-0.2, -0.15) is 0 Å². The number of benzene rings is 2. The summed E-state index contributed by atoms with van der Waals surface area (Å²) in [5, 5.41) is 3.54. The molecule has 0 spiro atoms. The summed E-state index contributed by atoms with van der Waals surface area (Å²) in [4.78, 5) is 16.5. The lowest BCUT2D eigenvalue weighted by Gasteiger charge is -2.05. The zero-order chi connectivity index (χ0) is 16.8. The standard InChI is InChI=1S/C19H20N2O2S/c1-2-14-10-11-16-17(13-14)24-19(20-16)21-18(22)9-6-12-23-15-7-4-3-5-8-15/h3-5,7-8,10-11,13H,2,6,9,12H2,1H3,(H,20,21,22). The van der Waals surface area contributed by atoms with Gasteiger partial charge >= 0.3 is 0 Å². The molecule has 2 aromatic carbocycles. The Morgan fingerprint density at radius 3 is 2.83 bits per heavy atom. The number of aromatic nitrogens is 1. The van der Waals surface area contributed by atoms with Gasteiger partial charge in [-0.05, 0) is 42.7 Å². The molecule has 0 saturated carbocycles. The Morgan fingerprint density at radius 2 is 2.04 bits per heavy atom. The Balaban J connectivity index is 1.48. The Morgan fingerprint density at radius 1 is 1.21 bits per heavy atom. The molecule has 0 fully saturated rings. The monoisotopic (exact) mass is 340 g/mol. The average Bonchev–Trinajstić information content (AvgIpc) is 3.00. The van der Waals surface area contributed by atoms with Crippen molar-refractivity contribution in [2.45, 2.75) is 26.2 Å². The van der Waals surface area contributed by atoms with Crippen molar-refractivity contribution < 1.29 is 9.53 Å². The summed E-state index contributed by atoms with van der Waals surface area (Å²) in [6.45, 7) is 2.65. The van der Waals surface area contributed by atoms with Crippen LogP contribution in [0.4, 0.5) is 5.13 Å². The third kappa shape index (κ3) is 4.32. The minimum Gasteiger partial charge on any atom is -0.494 e. The molecule has 24 heavy (non-hydrogen) atoms. The highest BCUT2D eigenvalue weighted by molar-refractivity contribution is 7.22. The minimum atomic E-state index is -0.0265. The number of carbonyl (C=O) groups excluding carboxylic acids is 1. The second-order valence-electron chi connectivity index (χ2n) is 5.49. The Labute approximate surface area is 145 Å². The van der Waals surface area contributed by atoms with E-state index in [0.717, 1.165) is 22.4 Å². The highest BCUT2D eigenvalue weighted by Gasteiger charge is 2.08. The van der Waals surface area contributed by atoms with Crippen LogP contribution in [0.2, 0.25) is 0 Å². The molecule has 0 aliphatic rings. The van der Waals surface area contributed by atoms with Gasteiger partial charge in [0.1, 0.15) is 5.75 Å². The molecule has 0 atom stereocenters. The molecule has 0 unspecified atom stereocenters. The van der Waals surface area contributed by atoms with Crippen LogP contribution in [0.5, 0.6) is 5.75 Å². The van der Waals surface area contributed by atoms with Gasteiger partial charge in [-0.1, -0.05) is 42.5 Å². The maximum absolute atomic E-state index is 12.0. The Hall–Kier alpha value is -2.40. The van der Waals surface area contributed by atoms with Crippen molar-refractivity contribution >= 4 is 32.6 Å². The van der Waals surface area contributed by atoms with Gasteiger partial charge in [0, 0.05) is 6.42 Å². The van der Waals surface area contributed by atoms with E-state index in [1.165, 1.54) is 16.9 Å². The van der Waals surface area contributed by atoms with Crippen LogP contribution < -0.4 is 10.1 Å². The fourth-order valence-corrected chi connectivity index (χ4v) is 3.31. The van der Waals surface area contributed by atoms with Crippen LogP contribution in [0.25, 0.3) is 10.2 Å². The number of amides is 1. The molecule has 5 heteroatoms. The van der Waals surface area contributed by atoms with Crippen molar-refractivity contribution in [3.05, 3.63) is 54.1 Å². The number of aryl methyl sites for hydroxylation is 1. The fourth-order valence-electron chi connectivity index (χ4n) is 2.36. The molecular weight excluding hydrogens is 320 g/mol. The van der Waals surface area contributed by atoms with Gasteiger partial charge in [-0.15, -0.1) is 0 Å². The van der Waals surface area contributed by atoms with E-state index in [-0.39, 0.29) is 5.91 Å². The van der Waals surface area contributed by atoms with E-state index in [1.54, 1.807) is 0 Å². The van der Waals surface area contributed by atoms with Gasteiger partial charge in [-0.25, -0.2) is 4.98 Å². The average molecular weight is 340 g/mol. The van der Waals surface area contributed by atoms with E-state index in [9.17, 15) is 4.79 Å². The van der Waals surface area contributed by atoms with E-state index >= 15 is 0 Å². The predicted octanol–water partition coefficient (Wildman–Crippen LogP) is 4.66. The topological polar surface area (TPSA) is 51.2 Å². The van der Waals surface area contributed by atoms with E-state index in [2.05, 4.69) is 29.4 Å². The normalized spacial score (nSPS) is 10.7. The van der Waals surface area contributed by atoms with Crippen LogP contribution in [-0.4, -0.2) is 17.5 Å². The summed E-state index contributed by atoms with van der Waals surface area (Å²) in [6.07, 6.45) is 2.09. The maximum atomic E-state index is 12.0. The number of rotatable bonds is 7. The molecule has 1 heterocycles. The largest absolute Gasteiger partial charge is 0.494 e. The lowest BCUT2D eigenvalue weighted by atomic mass is 10.2. The van der Waals surface area contributed by atoms with Gasteiger partial charge in [0.2, 0.25) is 5.91 Å². The first kappa shape index (κ1) is 16.5. The number of nitrogens with zero attached hydrogens (tertiary/aromatic N) is 1. The number of nitrogens with one attached hydrogen (secondary N) is 1. The van der Waals surface area contributed by atoms with Crippen LogP contribution in [0.15, 0.2) is 48.5 Å². The first-order chi connectivity index (χ1) is 11.7. The number of hydrogen-bond acceptors (Lipinski definition) is 4. The molecule has 0 saturated heterocycles. The van der Waals surface area contributed by atoms with Crippen molar-refractivity contribution in [1.82, 2.24) is 4.98 Å². The van der Waals surface area contributed by atoms with E-state index < -0.39 is 0 Å². The maximum Gasteiger partial charge on any atom is 0.226 e. The molecule has 0 aliphatic carbocycles. The van der Waals surface area contributed by atoms with Crippen LogP contribution in [-0.2, 0) is 11.2 Å². The zero-order valence-corrected chi connectivity index (χ0v) is 14.4. The van der Waals surface area contributed by atoms with Crippen molar-refractivity contribution in [3.8, 4) is 5.75 Å². The molecule has 4 nitrogen and oxygen atoms in total. The number of para-hydroxylation sites is 1. The molecule has 0 aliphatic heterocycles. The predicted molar refractivity (Wildman–Crippen MR) is 98.8 cm³/mol. The first-order valence-electron chi connectivity index (χ1n) is 8.12. The van der Waals surface area contributed by atoms with Crippen LogP contribution in [0.3, 0.4) is 0 Å². The molecule has 1 N–H and O–H groups in total. The summed E-state index contributed by atoms with van der Waals surface area (Å²) >= 11 is 1.52. The highest BCUT2D eigenvalue weighted by Crippen LogP contribution is 2.27. The van der Waals surface area contributed by atoms with Crippen LogP contribution in [0.1, 0.15) is 25.3 Å². The molecule has 3 aromatic rings. The number of ether oxygens (including phenoxy) is 1. The van der Waals surface area contributed by atoms with Crippen molar-refractivity contribution in [3.63, 3.8) is 0 Å². The van der Waals surface area contributed by atoms with Crippen LogP contribution >= 0.6 is 11.3 Å². The molecular formula is C19H20N2O2S. The Bertz CT molecular complexity index is 815. The van der Waals surface area contributed by atoms with Gasteiger partial charge in [0.25, 0.3) is 0 Å². The molecule has 3 rings (SSSR count). The van der Waals surface area contributed by atoms with Crippen molar-refractivity contribution in [2.24, 2.45) is 0 Å². The second kappa shape index (κ2) is 7.93. The van der Waals surface area contributed by atoms with Gasteiger partial charge in [-0.3, -0.25) is 4.79 Å². The summed E-state index contributed by atoms with van der Waals surface area (Å²) in [6, 6.07) is 15.8. The van der Waals surface area contributed by atoms with E-state index in [0.29, 0.717) is 24.6 Å². The SMILES string of the molecule is CCc1ccc2nc(NC(=O)CCCOc3ccccc3)sc2c1. The summed E-state index contributed by atoms with van der Waals surface area (Å²) < 4.78 is 6.70. The molecule has 124 valence electrons. The summed E-state index contributed by atoms with van der Waals surface area (Å²) in [5.41, 5.74) is 2.21. The van der Waals surface area contributed by atoms with Crippen LogP contribution in [0, 0.1) is 0 Å². The summed E-state index contributed by atoms with van der Waals surface area (Å²) in [7, 11) is 0. The van der Waals surface area contributed by atoms with Gasteiger partial charge in [0.05, 0.1) is 16.8 Å². The molecule has 0 radical (unpaired) electrons. The van der Waals surface area contributed by atoms with Gasteiger partial charge in [0.15, 0.2) is 5.13 Å². The second-order valence-corrected chi connectivity index (χ2v) is 6.52. The summed E-state index contributed by atoms with van der Waals surface area (Å²) in [5.74, 6) is 0.803. The number of thiazole rings is 1. The Kier molecular flexibility index (Phi) is 5.43. The first-order valence-corrected chi connectivity index (χ1v) is 8.93. The molecule has 1 aromatic heterocycles. The highest BCUT2D eigenvalue weighted by atomic mass is 32.1. The third-order valence-electron chi connectivity index (χ3n) is 3.67. The molecule has 0 bridgehead atoms. The minimum absolute atomic E-state index is 0.0265. The zero-order valence-electron chi connectivity index (χ0n) is 13.6.